The zero-order valence-corrected chi connectivity index (χ0v) is 17.6. The molecule has 1 aliphatic heterocycles. The molecule has 0 atom stereocenters. The fraction of sp³-hybridized carbons (Fsp3) is 0.619. The van der Waals surface area contributed by atoms with Gasteiger partial charge in [-0.25, -0.2) is 0 Å². The van der Waals surface area contributed by atoms with Gasteiger partial charge >= 0.3 is 6.18 Å². The number of carbonyl (C=O) groups excluding carboxylic acids is 2. The Morgan fingerprint density at radius 1 is 1.28 bits per heavy atom. The highest BCUT2D eigenvalue weighted by molar-refractivity contribution is 5.93. The molecule has 0 saturated carbocycles. The quantitative estimate of drug-likeness (QED) is 0.403. The Kier molecular flexibility index (Phi) is 10.2. The number of nitrogens with zero attached hydrogens (tertiary/aromatic N) is 3. The van der Waals surface area contributed by atoms with Gasteiger partial charge in [-0.2, -0.15) is 13.2 Å². The van der Waals surface area contributed by atoms with E-state index < -0.39 is 12.6 Å². The van der Waals surface area contributed by atoms with E-state index >= 15 is 0 Å². The van der Waals surface area contributed by atoms with Crippen molar-refractivity contribution in [2.24, 2.45) is 0 Å². The van der Waals surface area contributed by atoms with Gasteiger partial charge in [-0.05, 0) is 19.9 Å². The number of hydrogen-bond donors (Lipinski definition) is 0. The van der Waals surface area contributed by atoms with Gasteiger partial charge in [0.2, 0.25) is 5.91 Å². The van der Waals surface area contributed by atoms with Gasteiger partial charge in [-0.15, -0.1) is 0 Å². The lowest BCUT2D eigenvalue weighted by Gasteiger charge is -2.38. The van der Waals surface area contributed by atoms with Gasteiger partial charge in [-0.3, -0.25) is 9.59 Å². The van der Waals surface area contributed by atoms with E-state index in [1.165, 1.54) is 17.9 Å². The first-order chi connectivity index (χ1) is 13.5. The summed E-state index contributed by atoms with van der Waals surface area (Å²) in [6.45, 7) is 9.03. The maximum absolute atomic E-state index is 12.4. The minimum atomic E-state index is -4.18. The van der Waals surface area contributed by atoms with Crippen LogP contribution in [0.15, 0.2) is 36.2 Å². The summed E-state index contributed by atoms with van der Waals surface area (Å²) < 4.78 is 36.7. The van der Waals surface area contributed by atoms with E-state index in [2.05, 4.69) is 13.5 Å². The monoisotopic (exact) mass is 415 g/mol. The van der Waals surface area contributed by atoms with Gasteiger partial charge in [0.05, 0.1) is 18.7 Å². The molecule has 1 amide bonds. The molecule has 0 aliphatic carbocycles. The summed E-state index contributed by atoms with van der Waals surface area (Å²) in [5, 5.41) is 0. The Hall–Kier alpha value is -2.09. The predicted molar refractivity (Wildman–Crippen MR) is 108 cm³/mol. The predicted octanol–water partition coefficient (Wildman–Crippen LogP) is 3.75. The zero-order chi connectivity index (χ0) is 22.0. The largest absolute Gasteiger partial charge is 0.390 e. The lowest BCUT2D eigenvalue weighted by atomic mass is 10.1. The number of halogens is 3. The van der Waals surface area contributed by atoms with Crippen LogP contribution in [0.4, 0.5) is 13.2 Å². The topological polar surface area (TPSA) is 43.9 Å². The normalized spacial score (nSPS) is 16.2. The molecule has 0 aromatic rings. The molecule has 1 heterocycles. The molecule has 0 aromatic heterocycles. The first kappa shape index (κ1) is 24.9. The van der Waals surface area contributed by atoms with Crippen LogP contribution in [0, 0.1) is 0 Å². The van der Waals surface area contributed by atoms with Gasteiger partial charge in [-0.1, -0.05) is 32.1 Å². The van der Waals surface area contributed by atoms with E-state index in [9.17, 15) is 22.8 Å². The van der Waals surface area contributed by atoms with Crippen molar-refractivity contribution in [2.45, 2.75) is 45.7 Å². The average molecular weight is 416 g/mol. The van der Waals surface area contributed by atoms with Gasteiger partial charge in [0.15, 0.2) is 5.78 Å². The van der Waals surface area contributed by atoms with E-state index in [0.717, 1.165) is 19.3 Å². The molecule has 0 spiro atoms. The van der Waals surface area contributed by atoms with Gasteiger partial charge in [0.1, 0.15) is 0 Å². The maximum atomic E-state index is 12.4. The Balaban J connectivity index is 2.56. The Morgan fingerprint density at radius 2 is 1.97 bits per heavy atom. The highest BCUT2D eigenvalue weighted by Gasteiger charge is 2.27. The van der Waals surface area contributed by atoms with Crippen molar-refractivity contribution in [1.29, 1.82) is 0 Å². The number of piperazine rings is 1. The number of alkyl halides is 3. The molecule has 8 heteroatoms. The number of rotatable bonds is 10. The SMILES string of the molecule is C=C1CN(C(=O)/C=C/CN(C)CCC(F)(F)F)CCN1/C(=C\CCCC)C(C)=O. The van der Waals surface area contributed by atoms with Crippen molar-refractivity contribution >= 4 is 11.7 Å². The number of ketones is 1. The molecule has 0 aromatic carbocycles. The van der Waals surface area contributed by atoms with Gasteiger partial charge in [0, 0.05) is 44.9 Å². The van der Waals surface area contributed by atoms with Crippen LogP contribution in [-0.4, -0.2) is 72.3 Å². The van der Waals surface area contributed by atoms with Crippen molar-refractivity contribution in [3.8, 4) is 0 Å². The second kappa shape index (κ2) is 11.8. The lowest BCUT2D eigenvalue weighted by molar-refractivity contribution is -0.137. The highest BCUT2D eigenvalue weighted by Crippen LogP contribution is 2.20. The summed E-state index contributed by atoms with van der Waals surface area (Å²) in [4.78, 5) is 29.4. The third kappa shape index (κ3) is 9.30. The molecule has 0 unspecified atom stereocenters. The number of hydrogen-bond acceptors (Lipinski definition) is 4. The minimum Gasteiger partial charge on any atom is -0.340 e. The fourth-order valence-corrected chi connectivity index (χ4v) is 2.98. The average Bonchev–Trinajstić information content (AvgIpc) is 2.63. The number of Topliss-reactive ketones (excluding diaryl/α,β-unsaturated/α-hetero) is 1. The van der Waals surface area contributed by atoms with Crippen molar-refractivity contribution in [1.82, 2.24) is 14.7 Å². The summed E-state index contributed by atoms with van der Waals surface area (Å²) in [5.41, 5.74) is 1.30. The van der Waals surface area contributed by atoms with Gasteiger partial charge < -0.3 is 14.7 Å². The van der Waals surface area contributed by atoms with Crippen LogP contribution in [-0.2, 0) is 9.59 Å². The zero-order valence-electron chi connectivity index (χ0n) is 17.6. The molecule has 1 fully saturated rings. The van der Waals surface area contributed by atoms with Crippen LogP contribution in [0.1, 0.15) is 39.5 Å². The Morgan fingerprint density at radius 3 is 2.52 bits per heavy atom. The third-order valence-corrected chi connectivity index (χ3v) is 4.66. The van der Waals surface area contributed by atoms with Gasteiger partial charge in [0.25, 0.3) is 0 Å². The first-order valence-electron chi connectivity index (χ1n) is 9.92. The van der Waals surface area contributed by atoms with Crippen molar-refractivity contribution < 1.29 is 22.8 Å². The van der Waals surface area contributed by atoms with E-state index in [4.69, 9.17) is 0 Å². The van der Waals surface area contributed by atoms with Crippen LogP contribution in [0.2, 0.25) is 0 Å². The standard InChI is InChI=1S/C21H32F3N3O2/c1-5-6-7-9-19(18(3)28)27-15-14-26(16-17(27)2)20(29)10-8-12-25(4)13-11-21(22,23)24/h8-10H,2,5-7,11-16H2,1,3-4H3/b10-8+,19-9-. The summed E-state index contributed by atoms with van der Waals surface area (Å²) in [6, 6.07) is 0. The number of allylic oxidation sites excluding steroid dienone is 2. The molecule has 5 nitrogen and oxygen atoms in total. The molecular weight excluding hydrogens is 383 g/mol. The van der Waals surface area contributed by atoms with Crippen LogP contribution in [0.5, 0.6) is 0 Å². The number of amides is 1. The lowest BCUT2D eigenvalue weighted by Crippen LogP contribution is -2.46. The fourth-order valence-electron chi connectivity index (χ4n) is 2.98. The number of carbonyl (C=O) groups is 2. The van der Waals surface area contributed by atoms with Crippen LogP contribution >= 0.6 is 0 Å². The Labute approximate surface area is 171 Å². The van der Waals surface area contributed by atoms with Crippen LogP contribution < -0.4 is 0 Å². The van der Waals surface area contributed by atoms with Crippen molar-refractivity contribution in [3.05, 3.63) is 36.2 Å². The van der Waals surface area contributed by atoms with Crippen LogP contribution in [0.3, 0.4) is 0 Å². The molecule has 164 valence electrons. The van der Waals surface area contributed by atoms with Crippen molar-refractivity contribution in [2.75, 3.05) is 39.8 Å². The molecule has 1 saturated heterocycles. The molecule has 0 radical (unpaired) electrons. The molecule has 0 N–H and O–H groups in total. The number of likely N-dealkylation sites (N-methyl/N-ethyl adjacent to an activating group) is 1. The van der Waals surface area contributed by atoms with Crippen LogP contribution in [0.25, 0.3) is 0 Å². The summed E-state index contributed by atoms with van der Waals surface area (Å²) in [6.07, 6.45) is 2.70. The molecule has 1 rings (SSSR count). The summed E-state index contributed by atoms with van der Waals surface area (Å²) in [7, 11) is 1.58. The van der Waals surface area contributed by atoms with E-state index in [-0.39, 0.29) is 24.8 Å². The Bertz CT molecular complexity index is 642. The summed E-state index contributed by atoms with van der Waals surface area (Å²) >= 11 is 0. The van der Waals surface area contributed by atoms with E-state index in [0.29, 0.717) is 31.0 Å². The van der Waals surface area contributed by atoms with Crippen molar-refractivity contribution in [3.63, 3.8) is 0 Å². The molecular formula is C21H32F3N3O2. The van der Waals surface area contributed by atoms with E-state index in [1.54, 1.807) is 18.0 Å². The maximum Gasteiger partial charge on any atom is 0.390 e. The second-order valence-electron chi connectivity index (χ2n) is 7.30. The highest BCUT2D eigenvalue weighted by atomic mass is 19.4. The molecule has 0 bridgehead atoms. The third-order valence-electron chi connectivity index (χ3n) is 4.66. The number of unbranched alkanes of at least 4 members (excludes halogenated alkanes) is 2. The molecule has 1 aliphatic rings. The summed E-state index contributed by atoms with van der Waals surface area (Å²) in [5.74, 6) is -0.238. The molecule has 29 heavy (non-hydrogen) atoms. The van der Waals surface area contributed by atoms with E-state index in [1.807, 2.05) is 11.0 Å². The minimum absolute atomic E-state index is 0.0242. The smallest absolute Gasteiger partial charge is 0.340 e. The second-order valence-corrected chi connectivity index (χ2v) is 7.30. The first-order valence-corrected chi connectivity index (χ1v) is 9.92.